The first-order valence-corrected chi connectivity index (χ1v) is 16.8. The summed E-state index contributed by atoms with van der Waals surface area (Å²) in [5.74, 6) is 1.79. The van der Waals surface area contributed by atoms with Gasteiger partial charge in [0.2, 0.25) is 5.89 Å². The first-order chi connectivity index (χ1) is 25.2. The Kier molecular flexibility index (Phi) is 7.72. The first-order valence-electron chi connectivity index (χ1n) is 16.8. The van der Waals surface area contributed by atoms with Crippen molar-refractivity contribution < 1.29 is 4.42 Å². The van der Waals surface area contributed by atoms with E-state index < -0.39 is 0 Å². The number of hydrogen-bond acceptors (Lipinski definition) is 6. The summed E-state index contributed by atoms with van der Waals surface area (Å²) in [6, 6.07) is 58.7. The molecule has 6 heteroatoms. The second-order valence-corrected chi connectivity index (χ2v) is 12.2. The standard InChI is InChI=1S/C45H29N5O/c1-5-15-30(16-6-1)38-28-40(48-43(46-38)32-19-9-3-10-20-32)34-25-35(27-36(26-34)45-50-37-23-13-14-24-42(37)51-45)41-29-39(31-17-7-2-8-18-31)47-44(49-41)33-21-11-4-12-22-33/h1-29H. The minimum absolute atomic E-state index is 0.514. The number of oxazole rings is 1. The predicted octanol–water partition coefficient (Wildman–Crippen LogP) is 11.1. The molecule has 0 aliphatic carbocycles. The molecule has 240 valence electrons. The van der Waals surface area contributed by atoms with E-state index in [9.17, 15) is 0 Å². The molecule has 51 heavy (non-hydrogen) atoms. The summed E-state index contributed by atoms with van der Waals surface area (Å²) in [5.41, 5.74) is 11.1. The van der Waals surface area contributed by atoms with Crippen molar-refractivity contribution >= 4 is 11.1 Å². The molecule has 6 nitrogen and oxygen atoms in total. The zero-order valence-corrected chi connectivity index (χ0v) is 27.4. The lowest BCUT2D eigenvalue weighted by Gasteiger charge is -2.13. The molecule has 6 aromatic carbocycles. The number of rotatable bonds is 7. The van der Waals surface area contributed by atoms with Gasteiger partial charge in [0.25, 0.3) is 0 Å². The van der Waals surface area contributed by atoms with Gasteiger partial charge in [-0.3, -0.25) is 0 Å². The minimum Gasteiger partial charge on any atom is -0.436 e. The van der Waals surface area contributed by atoms with Gasteiger partial charge in [-0.25, -0.2) is 24.9 Å². The summed E-state index contributed by atoms with van der Waals surface area (Å²) in [7, 11) is 0. The van der Waals surface area contributed by atoms with Crippen molar-refractivity contribution in [3.05, 3.63) is 176 Å². The van der Waals surface area contributed by atoms with E-state index in [1.165, 1.54) is 0 Å². The third-order valence-corrected chi connectivity index (χ3v) is 8.72. The summed E-state index contributed by atoms with van der Waals surface area (Å²) in [6.07, 6.45) is 0. The first kappa shape index (κ1) is 30.0. The Balaban J connectivity index is 1.29. The molecule has 0 saturated heterocycles. The van der Waals surface area contributed by atoms with E-state index in [0.29, 0.717) is 17.5 Å². The van der Waals surface area contributed by atoms with E-state index >= 15 is 0 Å². The fourth-order valence-electron chi connectivity index (χ4n) is 6.18. The molecule has 3 heterocycles. The molecule has 0 fully saturated rings. The maximum Gasteiger partial charge on any atom is 0.227 e. The molecule has 3 aromatic heterocycles. The highest BCUT2D eigenvalue weighted by Gasteiger charge is 2.18. The number of para-hydroxylation sites is 2. The molecule has 0 bridgehead atoms. The van der Waals surface area contributed by atoms with E-state index in [-0.39, 0.29) is 0 Å². The van der Waals surface area contributed by atoms with Crippen LogP contribution < -0.4 is 0 Å². The number of aromatic nitrogens is 5. The van der Waals surface area contributed by atoms with Crippen LogP contribution in [0.2, 0.25) is 0 Å². The molecule has 0 aliphatic heterocycles. The Labute approximate surface area is 294 Å². The highest BCUT2D eigenvalue weighted by molar-refractivity contribution is 5.83. The van der Waals surface area contributed by atoms with Crippen LogP contribution in [-0.4, -0.2) is 24.9 Å². The largest absolute Gasteiger partial charge is 0.436 e. The number of nitrogens with zero attached hydrogens (tertiary/aromatic N) is 5. The van der Waals surface area contributed by atoms with Crippen LogP contribution in [0.5, 0.6) is 0 Å². The smallest absolute Gasteiger partial charge is 0.227 e. The van der Waals surface area contributed by atoms with Crippen LogP contribution in [0.15, 0.2) is 180 Å². The summed E-state index contributed by atoms with van der Waals surface area (Å²) < 4.78 is 6.33. The predicted molar refractivity (Wildman–Crippen MR) is 203 cm³/mol. The Bertz CT molecular complexity index is 2330. The monoisotopic (exact) mass is 655 g/mol. The maximum atomic E-state index is 6.33. The average molecular weight is 656 g/mol. The molecular formula is C45H29N5O. The van der Waals surface area contributed by atoms with Crippen LogP contribution in [0.1, 0.15) is 0 Å². The van der Waals surface area contributed by atoms with E-state index in [0.717, 1.165) is 72.8 Å². The van der Waals surface area contributed by atoms with Gasteiger partial charge in [-0.15, -0.1) is 0 Å². The van der Waals surface area contributed by atoms with Gasteiger partial charge in [0.05, 0.1) is 22.8 Å². The molecule has 0 atom stereocenters. The van der Waals surface area contributed by atoms with Gasteiger partial charge < -0.3 is 4.42 Å². The van der Waals surface area contributed by atoms with Gasteiger partial charge in [-0.1, -0.05) is 133 Å². The Morgan fingerprint density at radius 3 is 1.12 bits per heavy atom. The van der Waals surface area contributed by atoms with Crippen LogP contribution in [-0.2, 0) is 0 Å². The molecular weight excluding hydrogens is 627 g/mol. The lowest BCUT2D eigenvalue weighted by molar-refractivity contribution is 0.620. The summed E-state index contributed by atoms with van der Waals surface area (Å²) in [5, 5.41) is 0. The summed E-state index contributed by atoms with van der Waals surface area (Å²) in [6.45, 7) is 0. The normalized spacial score (nSPS) is 11.1. The zero-order valence-electron chi connectivity index (χ0n) is 27.4. The van der Waals surface area contributed by atoms with Gasteiger partial charge in [0.1, 0.15) is 5.52 Å². The van der Waals surface area contributed by atoms with Crippen molar-refractivity contribution in [3.63, 3.8) is 0 Å². The van der Waals surface area contributed by atoms with Crippen molar-refractivity contribution in [1.29, 1.82) is 0 Å². The SMILES string of the molecule is c1ccc(-c2cc(-c3cc(-c4cc(-c5ccccc5)nc(-c5ccccc5)n4)cc(-c4nc5ccccc5o4)c3)nc(-c3ccccc3)n2)cc1. The Morgan fingerprint density at radius 1 is 0.294 bits per heavy atom. The minimum atomic E-state index is 0.514. The van der Waals surface area contributed by atoms with Crippen molar-refractivity contribution in [3.8, 4) is 79.3 Å². The van der Waals surface area contributed by atoms with E-state index in [4.69, 9.17) is 29.3 Å². The Hall–Kier alpha value is -7.05. The van der Waals surface area contributed by atoms with Crippen LogP contribution in [0.3, 0.4) is 0 Å². The second-order valence-electron chi connectivity index (χ2n) is 12.2. The number of fused-ring (bicyclic) bond motifs is 1. The highest BCUT2D eigenvalue weighted by atomic mass is 16.3. The molecule has 0 unspecified atom stereocenters. The molecule has 9 aromatic rings. The zero-order chi connectivity index (χ0) is 34.0. The quantitative estimate of drug-likeness (QED) is 0.170. The van der Waals surface area contributed by atoms with Gasteiger partial charge in [-0.05, 0) is 42.5 Å². The molecule has 0 amide bonds. The highest BCUT2D eigenvalue weighted by Crippen LogP contribution is 2.36. The van der Waals surface area contributed by atoms with Crippen LogP contribution >= 0.6 is 0 Å². The third kappa shape index (κ3) is 6.18. The molecule has 0 spiro atoms. The lowest BCUT2D eigenvalue weighted by Crippen LogP contribution is -1.98. The van der Waals surface area contributed by atoms with Crippen LogP contribution in [0, 0.1) is 0 Å². The Morgan fingerprint density at radius 2 is 0.667 bits per heavy atom. The summed E-state index contributed by atoms with van der Waals surface area (Å²) >= 11 is 0. The van der Waals surface area contributed by atoms with Gasteiger partial charge in [-0.2, -0.15) is 0 Å². The summed E-state index contributed by atoms with van der Waals surface area (Å²) in [4.78, 5) is 25.2. The van der Waals surface area contributed by atoms with Crippen molar-refractivity contribution in [1.82, 2.24) is 24.9 Å². The van der Waals surface area contributed by atoms with E-state index in [1.807, 2.05) is 133 Å². The average Bonchev–Trinajstić information content (AvgIpc) is 3.66. The van der Waals surface area contributed by atoms with Crippen LogP contribution in [0.25, 0.3) is 90.4 Å². The lowest BCUT2D eigenvalue weighted by atomic mass is 9.98. The molecule has 0 radical (unpaired) electrons. The maximum absolute atomic E-state index is 6.33. The fraction of sp³-hybridized carbons (Fsp3) is 0. The molecule has 9 rings (SSSR count). The number of hydrogen-bond donors (Lipinski definition) is 0. The topological polar surface area (TPSA) is 77.6 Å². The second kappa shape index (κ2) is 13.1. The van der Waals surface area contributed by atoms with Crippen molar-refractivity contribution in [2.45, 2.75) is 0 Å². The molecule has 0 N–H and O–H groups in total. The van der Waals surface area contributed by atoms with Crippen molar-refractivity contribution in [2.24, 2.45) is 0 Å². The van der Waals surface area contributed by atoms with Gasteiger partial charge >= 0.3 is 0 Å². The van der Waals surface area contributed by atoms with Gasteiger partial charge in [0.15, 0.2) is 17.2 Å². The van der Waals surface area contributed by atoms with Crippen molar-refractivity contribution in [2.75, 3.05) is 0 Å². The fourth-order valence-corrected chi connectivity index (χ4v) is 6.18. The van der Waals surface area contributed by atoms with Crippen LogP contribution in [0.4, 0.5) is 0 Å². The third-order valence-electron chi connectivity index (χ3n) is 8.72. The van der Waals surface area contributed by atoms with E-state index in [1.54, 1.807) is 0 Å². The number of benzene rings is 6. The molecule has 0 saturated carbocycles. The van der Waals surface area contributed by atoms with Gasteiger partial charge in [0, 0.05) is 38.9 Å². The van der Waals surface area contributed by atoms with E-state index in [2.05, 4.69) is 42.5 Å². The molecule has 0 aliphatic rings.